The SMILES string of the molecule is BP(I)N1COc2cc3c(cc2C1)CN(B(P)I)CO3. The van der Waals surface area contributed by atoms with Crippen molar-refractivity contribution in [2.45, 2.75) is 13.1 Å². The molecule has 0 saturated carbocycles. The summed E-state index contributed by atoms with van der Waals surface area (Å²) in [7, 11) is 5.07. The molecule has 0 N–H and O–H groups in total. The van der Waals surface area contributed by atoms with E-state index < -0.39 is 0 Å². The van der Waals surface area contributed by atoms with Gasteiger partial charge in [0.25, 0.3) is 0 Å². The molecule has 20 heavy (non-hydrogen) atoms. The lowest BCUT2D eigenvalue weighted by Crippen LogP contribution is -2.37. The zero-order chi connectivity index (χ0) is 14.3. The lowest BCUT2D eigenvalue weighted by molar-refractivity contribution is 0.160. The minimum atomic E-state index is -0.141. The van der Waals surface area contributed by atoms with E-state index in [0.717, 1.165) is 24.6 Å². The Morgan fingerprint density at radius 2 is 1.85 bits per heavy atom. The van der Waals surface area contributed by atoms with Crippen LogP contribution in [0.15, 0.2) is 12.1 Å². The van der Waals surface area contributed by atoms with Gasteiger partial charge in [-0.15, -0.1) is 31.5 Å². The molecule has 0 fully saturated rings. The van der Waals surface area contributed by atoms with Crippen molar-refractivity contribution in [1.29, 1.82) is 0 Å². The molecule has 0 amide bonds. The molecule has 0 aromatic heterocycles. The molecule has 0 bridgehead atoms. The summed E-state index contributed by atoms with van der Waals surface area (Å²) in [5, 5.41) is 0. The van der Waals surface area contributed by atoms with E-state index in [1.54, 1.807) is 0 Å². The second kappa shape index (κ2) is 6.75. The van der Waals surface area contributed by atoms with Gasteiger partial charge in [0.1, 0.15) is 25.0 Å². The predicted molar refractivity (Wildman–Crippen MR) is 107 cm³/mol. The summed E-state index contributed by atoms with van der Waals surface area (Å²) in [6.07, 6.45) is 0. The summed E-state index contributed by atoms with van der Waals surface area (Å²) in [6, 6.07) is 4.32. The fraction of sp³-hybridized carbons (Fsp3) is 0.400. The van der Waals surface area contributed by atoms with Gasteiger partial charge < -0.3 is 9.47 Å². The largest absolute Gasteiger partial charge is 0.479 e. The van der Waals surface area contributed by atoms with Crippen molar-refractivity contribution >= 4 is 71.1 Å². The summed E-state index contributed by atoms with van der Waals surface area (Å²) in [6.45, 7) is 3.24. The number of hydrogen-bond donors (Lipinski definition) is 0. The lowest BCUT2D eigenvalue weighted by Gasteiger charge is -2.34. The summed E-state index contributed by atoms with van der Waals surface area (Å²) < 4.78 is 14.5. The Labute approximate surface area is 150 Å². The highest BCUT2D eigenvalue weighted by Gasteiger charge is 2.27. The highest BCUT2D eigenvalue weighted by molar-refractivity contribution is 14.2. The molecular weight excluding hydrogens is 518 g/mol. The molecule has 0 saturated heterocycles. The van der Waals surface area contributed by atoms with Gasteiger partial charge in [0.2, 0.25) is 0 Å². The Hall–Kier alpha value is 1.19. The summed E-state index contributed by atoms with van der Waals surface area (Å²) in [5.74, 6) is 1.96. The maximum absolute atomic E-state index is 5.88. The molecule has 0 spiro atoms. The van der Waals surface area contributed by atoms with Gasteiger partial charge in [0, 0.05) is 30.3 Å². The van der Waals surface area contributed by atoms with Gasteiger partial charge in [0.05, 0.1) is 0 Å². The Kier molecular flexibility index (Phi) is 5.42. The third-order valence-corrected chi connectivity index (χ3v) is 7.54. The summed E-state index contributed by atoms with van der Waals surface area (Å²) >= 11 is 4.88. The second-order valence-electron chi connectivity index (χ2n) is 4.84. The first kappa shape index (κ1) is 16.1. The molecule has 2 heterocycles. The first-order valence-electron chi connectivity index (χ1n) is 6.24. The van der Waals surface area contributed by atoms with Gasteiger partial charge in [-0.25, -0.2) is 4.67 Å². The van der Waals surface area contributed by atoms with Crippen LogP contribution in [-0.2, 0) is 13.1 Å². The molecule has 2 aliphatic rings. The van der Waals surface area contributed by atoms with Gasteiger partial charge >= 0.3 is 4.42 Å². The van der Waals surface area contributed by atoms with E-state index in [1.807, 2.05) is 0 Å². The molecule has 1 aromatic rings. The lowest BCUT2D eigenvalue weighted by atomic mass is 10.0. The third-order valence-electron chi connectivity index (χ3n) is 3.46. The van der Waals surface area contributed by atoms with E-state index in [9.17, 15) is 0 Å². The highest BCUT2D eigenvalue weighted by Crippen LogP contribution is 2.47. The van der Waals surface area contributed by atoms with Crippen LogP contribution in [0.1, 0.15) is 11.1 Å². The standard InChI is InChI=1S/C10H14B2I2N2O2P2/c11-20(14)16-4-8-1-7-3-15(12(13)19)5-17-9(7)2-10(8)18-6-16/h1-2H,3-6,11,19H2. The number of halogens is 2. The van der Waals surface area contributed by atoms with Gasteiger partial charge in [-0.1, -0.05) is 0 Å². The van der Waals surface area contributed by atoms with Crippen LogP contribution in [0, 0.1) is 0 Å². The molecule has 10 heteroatoms. The van der Waals surface area contributed by atoms with E-state index in [0.29, 0.717) is 17.9 Å². The van der Waals surface area contributed by atoms with Crippen LogP contribution >= 0.6 is 59.1 Å². The maximum Gasteiger partial charge on any atom is 0.322 e. The van der Waals surface area contributed by atoms with Gasteiger partial charge in [-0.05, 0) is 33.7 Å². The molecule has 1 aromatic carbocycles. The monoisotopic (exact) mass is 532 g/mol. The van der Waals surface area contributed by atoms with Crippen molar-refractivity contribution < 1.29 is 9.47 Å². The van der Waals surface area contributed by atoms with Crippen LogP contribution in [0.3, 0.4) is 0 Å². The maximum atomic E-state index is 5.88. The Morgan fingerprint density at radius 1 is 1.20 bits per heavy atom. The quantitative estimate of drug-likeness (QED) is 0.333. The van der Waals surface area contributed by atoms with E-state index >= 15 is 0 Å². The molecule has 0 radical (unpaired) electrons. The van der Waals surface area contributed by atoms with Crippen molar-refractivity contribution in [3.05, 3.63) is 23.3 Å². The Balaban J connectivity index is 1.86. The minimum Gasteiger partial charge on any atom is -0.479 e. The molecule has 2 unspecified atom stereocenters. The van der Waals surface area contributed by atoms with Crippen LogP contribution in [0.4, 0.5) is 0 Å². The number of nitrogens with zero attached hydrogens (tertiary/aromatic N) is 2. The molecular formula is C10H14B2I2N2O2P2. The van der Waals surface area contributed by atoms with Crippen LogP contribution in [-0.4, -0.2) is 34.9 Å². The molecule has 2 aliphatic heterocycles. The fourth-order valence-electron chi connectivity index (χ4n) is 2.31. The summed E-state index contributed by atoms with van der Waals surface area (Å²) in [4.78, 5) is 2.28. The smallest absolute Gasteiger partial charge is 0.322 e. The van der Waals surface area contributed by atoms with Crippen LogP contribution < -0.4 is 9.47 Å². The zero-order valence-electron chi connectivity index (χ0n) is 11.1. The number of ether oxygens (including phenoxy) is 2. The van der Waals surface area contributed by atoms with Crippen LogP contribution in [0.25, 0.3) is 0 Å². The predicted octanol–water partition coefficient (Wildman–Crippen LogP) is 2.58. The van der Waals surface area contributed by atoms with E-state index in [4.69, 9.17) is 9.47 Å². The van der Waals surface area contributed by atoms with Crippen molar-refractivity contribution in [1.82, 2.24) is 9.48 Å². The van der Waals surface area contributed by atoms with Crippen molar-refractivity contribution in [2.24, 2.45) is 0 Å². The number of benzene rings is 1. The second-order valence-corrected chi connectivity index (χ2v) is 13.8. The third kappa shape index (κ3) is 3.40. The van der Waals surface area contributed by atoms with Crippen molar-refractivity contribution in [3.8, 4) is 11.5 Å². The molecule has 0 aliphatic carbocycles. The Morgan fingerprint density at radius 3 is 2.50 bits per heavy atom. The summed E-state index contributed by atoms with van der Waals surface area (Å²) in [5.41, 5.74) is 2.40. The average molecular weight is 532 g/mol. The van der Waals surface area contributed by atoms with E-state index in [-0.39, 0.29) is 5.59 Å². The molecule has 106 valence electrons. The van der Waals surface area contributed by atoms with Crippen LogP contribution in [0.5, 0.6) is 11.5 Å². The van der Waals surface area contributed by atoms with Gasteiger partial charge in [-0.2, -0.15) is 0 Å². The molecule has 3 rings (SSSR count). The highest BCUT2D eigenvalue weighted by atomic mass is 127. The number of fused-ring (bicyclic) bond motifs is 2. The van der Waals surface area contributed by atoms with Crippen LogP contribution in [0.2, 0.25) is 0 Å². The fourth-order valence-corrected chi connectivity index (χ4v) is 4.26. The first-order valence-corrected chi connectivity index (χ1v) is 12.7. The number of hydrogen-bond acceptors (Lipinski definition) is 4. The van der Waals surface area contributed by atoms with Crippen molar-refractivity contribution in [3.63, 3.8) is 0 Å². The van der Waals surface area contributed by atoms with Gasteiger partial charge in [0.15, 0.2) is 7.57 Å². The van der Waals surface area contributed by atoms with Crippen molar-refractivity contribution in [2.75, 3.05) is 13.5 Å². The minimum absolute atomic E-state index is 0.141. The number of rotatable bonds is 2. The van der Waals surface area contributed by atoms with E-state index in [2.05, 4.69) is 82.7 Å². The van der Waals surface area contributed by atoms with Gasteiger partial charge in [-0.3, -0.25) is 4.81 Å². The van der Waals surface area contributed by atoms with E-state index in [1.165, 1.54) is 11.1 Å². The average Bonchev–Trinajstić information content (AvgIpc) is 2.43. The zero-order valence-corrected chi connectivity index (χ0v) is 17.4. The first-order chi connectivity index (χ1) is 9.54. The molecule has 2 atom stereocenters. The normalized spacial score (nSPS) is 20.4. The Bertz CT molecular complexity index is 483. The topological polar surface area (TPSA) is 24.9 Å². The molecule has 4 nitrogen and oxygen atoms in total.